The SMILES string of the molecule is COc1c(N2CCC(NC3CC3)C(C)(C)C2)c(F)cc2c1[N+]([O-])(C1CC1)C=C(C(=O)O)C2. The van der Waals surface area contributed by atoms with Gasteiger partial charge in [-0.05, 0) is 30.7 Å². The van der Waals surface area contributed by atoms with Crippen LogP contribution in [0.1, 0.15) is 51.5 Å². The highest BCUT2D eigenvalue weighted by Crippen LogP contribution is 2.53. The van der Waals surface area contributed by atoms with Crippen LogP contribution < -0.4 is 19.6 Å². The van der Waals surface area contributed by atoms with Gasteiger partial charge in [-0.2, -0.15) is 0 Å². The van der Waals surface area contributed by atoms with Gasteiger partial charge in [-0.1, -0.05) is 13.8 Å². The molecule has 2 heterocycles. The van der Waals surface area contributed by atoms with Crippen molar-refractivity contribution < 1.29 is 19.0 Å². The molecule has 3 fully saturated rings. The maximum absolute atomic E-state index is 15.6. The number of fused-ring (bicyclic) bond motifs is 1. The predicted octanol–water partition coefficient (Wildman–Crippen LogP) is 3.68. The number of carboxylic acid groups (broad SMARTS) is 1. The second-order valence-corrected chi connectivity index (χ2v) is 10.5. The van der Waals surface area contributed by atoms with Gasteiger partial charge in [0, 0.05) is 50.0 Å². The Hall–Kier alpha value is -2.16. The van der Waals surface area contributed by atoms with Crippen LogP contribution in [0.4, 0.5) is 15.8 Å². The lowest BCUT2D eigenvalue weighted by atomic mass is 9.78. The molecule has 1 aromatic carbocycles. The van der Waals surface area contributed by atoms with Crippen molar-refractivity contribution in [1.29, 1.82) is 0 Å². The number of piperidine rings is 1. The van der Waals surface area contributed by atoms with E-state index in [4.69, 9.17) is 4.74 Å². The third-order valence-corrected chi connectivity index (χ3v) is 7.47. The van der Waals surface area contributed by atoms with E-state index in [1.54, 1.807) is 0 Å². The number of rotatable bonds is 6. The van der Waals surface area contributed by atoms with Crippen molar-refractivity contribution in [1.82, 2.24) is 9.96 Å². The number of hydrogen-bond donors (Lipinski definition) is 2. The van der Waals surface area contributed by atoms with Gasteiger partial charge in [0.05, 0.1) is 18.7 Å². The summed E-state index contributed by atoms with van der Waals surface area (Å²) in [5, 5.41) is 27.3. The lowest BCUT2D eigenvalue weighted by Crippen LogP contribution is -2.55. The predicted molar refractivity (Wildman–Crippen MR) is 121 cm³/mol. The van der Waals surface area contributed by atoms with Crippen LogP contribution in [0.15, 0.2) is 17.8 Å². The van der Waals surface area contributed by atoms with Crippen LogP contribution in [-0.4, -0.2) is 49.4 Å². The lowest BCUT2D eigenvalue weighted by molar-refractivity contribution is -0.132. The Labute approximate surface area is 188 Å². The summed E-state index contributed by atoms with van der Waals surface area (Å²) in [4.78, 5) is 13.7. The normalized spacial score (nSPS) is 29.3. The largest absolute Gasteiger partial charge is 0.622 e. The van der Waals surface area contributed by atoms with Gasteiger partial charge in [-0.15, -0.1) is 0 Å². The summed E-state index contributed by atoms with van der Waals surface area (Å²) in [6, 6.07) is 2.08. The van der Waals surface area contributed by atoms with E-state index in [0.717, 1.165) is 6.42 Å². The molecular formula is C24H32FN3O4. The van der Waals surface area contributed by atoms with Crippen LogP contribution in [0.2, 0.25) is 0 Å². The first kappa shape index (κ1) is 21.7. The summed E-state index contributed by atoms with van der Waals surface area (Å²) in [6.45, 7) is 5.70. The van der Waals surface area contributed by atoms with Crippen molar-refractivity contribution in [3.05, 3.63) is 34.4 Å². The number of hydrogen-bond acceptors (Lipinski definition) is 5. The van der Waals surface area contributed by atoms with Crippen LogP contribution in [0.5, 0.6) is 5.75 Å². The Bertz CT molecular complexity index is 986. The van der Waals surface area contributed by atoms with Crippen LogP contribution in [0, 0.1) is 16.4 Å². The standard InChI is InChI=1S/C24H32FN3O4/c1-24(2)13-27(9-8-19(24)26-16-4-5-16)20-18(25)11-14-10-15(23(29)30)12-28(31,17-6-7-17)21(14)22(20)32-3/h11-12,16-17,19,26H,4-10,13H2,1-3H3,(H,29,30). The summed E-state index contributed by atoms with van der Waals surface area (Å²) in [5.41, 5.74) is 1.05. The molecule has 2 saturated carbocycles. The number of nitrogens with one attached hydrogen (secondary N) is 1. The summed E-state index contributed by atoms with van der Waals surface area (Å²) >= 11 is 0. The van der Waals surface area contributed by atoms with E-state index in [1.165, 1.54) is 32.2 Å². The number of quaternary nitrogens is 1. The fourth-order valence-electron chi connectivity index (χ4n) is 5.48. The van der Waals surface area contributed by atoms with Crippen LogP contribution in [0.3, 0.4) is 0 Å². The zero-order chi connectivity index (χ0) is 22.8. The number of hydroxylamine groups is 2. The number of methoxy groups -OCH3 is 1. The fourth-order valence-corrected chi connectivity index (χ4v) is 5.48. The molecule has 2 aliphatic carbocycles. The molecule has 32 heavy (non-hydrogen) atoms. The highest BCUT2D eigenvalue weighted by Gasteiger charge is 2.48. The van der Waals surface area contributed by atoms with Gasteiger partial charge < -0.3 is 25.3 Å². The van der Waals surface area contributed by atoms with E-state index >= 15 is 4.39 Å². The Kier molecular flexibility index (Phi) is 5.03. The summed E-state index contributed by atoms with van der Waals surface area (Å²) < 4.78 is 20.4. The first-order chi connectivity index (χ1) is 15.1. The van der Waals surface area contributed by atoms with Crippen LogP contribution >= 0.6 is 0 Å². The Balaban J connectivity index is 1.56. The molecule has 0 aromatic heterocycles. The smallest absolute Gasteiger partial charge is 0.337 e. The third-order valence-electron chi connectivity index (χ3n) is 7.47. The molecule has 0 spiro atoms. The molecule has 0 radical (unpaired) electrons. The third kappa shape index (κ3) is 3.58. The average molecular weight is 446 g/mol. The molecular weight excluding hydrogens is 413 g/mol. The summed E-state index contributed by atoms with van der Waals surface area (Å²) in [6.07, 6.45) is 6.07. The maximum atomic E-state index is 15.6. The average Bonchev–Trinajstić information content (AvgIpc) is 3.61. The first-order valence-electron chi connectivity index (χ1n) is 11.6. The molecule has 8 heteroatoms. The molecule has 2 N–H and O–H groups in total. The molecule has 174 valence electrons. The second kappa shape index (κ2) is 7.43. The van der Waals surface area contributed by atoms with Gasteiger partial charge in [-0.25, -0.2) is 9.18 Å². The molecule has 2 unspecified atom stereocenters. The Morgan fingerprint density at radius 3 is 2.59 bits per heavy atom. The van der Waals surface area contributed by atoms with Crippen LogP contribution in [0.25, 0.3) is 0 Å². The maximum Gasteiger partial charge on any atom is 0.337 e. The quantitative estimate of drug-likeness (QED) is 0.513. The van der Waals surface area contributed by atoms with Gasteiger partial charge in [0.1, 0.15) is 11.9 Å². The fraction of sp³-hybridized carbons (Fsp3) is 0.625. The number of halogens is 1. The number of benzene rings is 1. The molecule has 7 nitrogen and oxygen atoms in total. The summed E-state index contributed by atoms with van der Waals surface area (Å²) in [5.74, 6) is -1.34. The van der Waals surface area contributed by atoms with E-state index < -0.39 is 16.4 Å². The van der Waals surface area contributed by atoms with Crippen molar-refractivity contribution in [2.75, 3.05) is 25.1 Å². The monoisotopic (exact) mass is 445 g/mol. The van der Waals surface area contributed by atoms with E-state index in [9.17, 15) is 15.1 Å². The number of anilines is 1. The Morgan fingerprint density at radius 2 is 2.03 bits per heavy atom. The van der Waals surface area contributed by atoms with Crippen molar-refractivity contribution in [2.24, 2.45) is 5.41 Å². The zero-order valence-corrected chi connectivity index (χ0v) is 19.0. The Morgan fingerprint density at radius 1 is 1.31 bits per heavy atom. The van der Waals surface area contributed by atoms with Crippen LogP contribution in [-0.2, 0) is 11.2 Å². The van der Waals surface area contributed by atoms with E-state index in [-0.39, 0.29) is 29.2 Å². The zero-order valence-electron chi connectivity index (χ0n) is 19.0. The molecule has 4 aliphatic rings. The van der Waals surface area contributed by atoms with E-state index in [1.807, 2.05) is 4.90 Å². The molecule has 2 aliphatic heterocycles. The highest BCUT2D eigenvalue weighted by molar-refractivity contribution is 5.90. The lowest BCUT2D eigenvalue weighted by Gasteiger charge is -2.47. The molecule has 5 rings (SSSR count). The van der Waals surface area contributed by atoms with Gasteiger partial charge in [0.15, 0.2) is 11.5 Å². The number of aliphatic carboxylic acids is 1. The minimum absolute atomic E-state index is 0.0155. The molecule has 1 aromatic rings. The van der Waals surface area contributed by atoms with Gasteiger partial charge in [-0.3, -0.25) is 4.65 Å². The van der Waals surface area contributed by atoms with E-state index in [0.29, 0.717) is 55.0 Å². The second-order valence-electron chi connectivity index (χ2n) is 10.5. The van der Waals surface area contributed by atoms with Crippen molar-refractivity contribution in [3.8, 4) is 5.75 Å². The number of nitrogens with zero attached hydrogens (tertiary/aromatic N) is 2. The van der Waals surface area contributed by atoms with Crippen molar-refractivity contribution in [2.45, 2.75) is 70.5 Å². The number of carbonyl (C=O) groups is 1. The first-order valence-corrected chi connectivity index (χ1v) is 11.6. The molecule has 0 amide bonds. The van der Waals surface area contributed by atoms with Gasteiger partial charge in [0.25, 0.3) is 0 Å². The minimum atomic E-state index is -1.13. The minimum Gasteiger partial charge on any atom is -0.622 e. The van der Waals surface area contributed by atoms with Gasteiger partial charge >= 0.3 is 5.97 Å². The molecule has 1 saturated heterocycles. The highest BCUT2D eigenvalue weighted by atomic mass is 19.1. The summed E-state index contributed by atoms with van der Waals surface area (Å²) in [7, 11) is 1.47. The van der Waals surface area contributed by atoms with Crippen molar-refractivity contribution in [3.63, 3.8) is 0 Å². The number of carboxylic acids is 1. The molecule has 2 atom stereocenters. The molecule has 0 bridgehead atoms. The topological polar surface area (TPSA) is 84.9 Å². The van der Waals surface area contributed by atoms with Crippen molar-refractivity contribution >= 4 is 17.3 Å². The number of ether oxygens (including phenoxy) is 1. The van der Waals surface area contributed by atoms with Gasteiger partial charge in [0.2, 0.25) is 5.75 Å². The van der Waals surface area contributed by atoms with E-state index in [2.05, 4.69) is 19.2 Å².